The van der Waals surface area contributed by atoms with Crippen molar-refractivity contribution in [3.8, 4) is 5.75 Å². The number of para-hydroxylation sites is 1. The zero-order valence-electron chi connectivity index (χ0n) is 21.7. The highest BCUT2D eigenvalue weighted by atomic mass is 16.5. The van der Waals surface area contributed by atoms with E-state index < -0.39 is 23.1 Å². The minimum Gasteiger partial charge on any atom is -0.507 e. The Kier molecular flexibility index (Phi) is 6.81. The summed E-state index contributed by atoms with van der Waals surface area (Å²) < 4.78 is 11.1. The summed E-state index contributed by atoms with van der Waals surface area (Å²) in [4.78, 5) is 45.4. The van der Waals surface area contributed by atoms with Gasteiger partial charge in [0.05, 0.1) is 31.9 Å². The lowest BCUT2D eigenvalue weighted by molar-refractivity contribution is -0.907. The molecule has 2 aromatic carbocycles. The summed E-state index contributed by atoms with van der Waals surface area (Å²) >= 11 is 0. The van der Waals surface area contributed by atoms with E-state index in [2.05, 4.69) is 6.58 Å². The molecular weight excluding hydrogens is 486 g/mol. The Morgan fingerprint density at radius 2 is 1.92 bits per heavy atom. The van der Waals surface area contributed by atoms with Crippen LogP contribution in [0.15, 0.2) is 60.7 Å². The number of fused-ring (bicyclic) bond motifs is 2. The van der Waals surface area contributed by atoms with Crippen molar-refractivity contribution in [1.82, 2.24) is 4.90 Å². The molecule has 2 fully saturated rings. The molecule has 5 rings (SSSR count). The van der Waals surface area contributed by atoms with Gasteiger partial charge in [0, 0.05) is 23.9 Å². The number of rotatable bonds is 7. The predicted molar refractivity (Wildman–Crippen MR) is 141 cm³/mol. The number of aryl methyl sites for hydroxylation is 1. The first kappa shape index (κ1) is 25.7. The van der Waals surface area contributed by atoms with Crippen LogP contribution in [0.2, 0.25) is 0 Å². The van der Waals surface area contributed by atoms with E-state index in [9.17, 15) is 19.5 Å². The molecule has 3 aliphatic rings. The van der Waals surface area contributed by atoms with Crippen molar-refractivity contribution in [1.29, 1.82) is 0 Å². The van der Waals surface area contributed by atoms with Gasteiger partial charge in [-0.1, -0.05) is 30.9 Å². The number of carbonyl (C=O) groups excluding carboxylic acids is 3. The topological polar surface area (TPSA) is 101 Å². The Morgan fingerprint density at radius 1 is 1.18 bits per heavy atom. The second-order valence-electron chi connectivity index (χ2n) is 9.79. The van der Waals surface area contributed by atoms with Gasteiger partial charge in [0.25, 0.3) is 17.6 Å². The predicted octanol–water partition coefficient (Wildman–Crippen LogP) is 1.03. The van der Waals surface area contributed by atoms with Crippen LogP contribution in [0, 0.1) is 6.92 Å². The van der Waals surface area contributed by atoms with Gasteiger partial charge in [-0.3, -0.25) is 14.4 Å². The van der Waals surface area contributed by atoms with Crippen LogP contribution in [0.1, 0.15) is 16.7 Å². The van der Waals surface area contributed by atoms with Gasteiger partial charge in [-0.2, -0.15) is 0 Å². The van der Waals surface area contributed by atoms with Gasteiger partial charge in [0.1, 0.15) is 31.2 Å². The highest BCUT2D eigenvalue weighted by Crippen LogP contribution is 2.53. The Bertz CT molecular complexity index is 1350. The second kappa shape index (κ2) is 10.1. The fourth-order valence-corrected chi connectivity index (χ4v) is 5.70. The molecule has 0 aromatic heterocycles. The summed E-state index contributed by atoms with van der Waals surface area (Å²) in [6.07, 6.45) is 1.63. The van der Waals surface area contributed by atoms with E-state index in [4.69, 9.17) is 9.47 Å². The van der Waals surface area contributed by atoms with Gasteiger partial charge in [-0.15, -0.1) is 0 Å². The van der Waals surface area contributed by atoms with Crippen LogP contribution in [0.5, 0.6) is 5.75 Å². The van der Waals surface area contributed by atoms with E-state index in [-0.39, 0.29) is 17.9 Å². The van der Waals surface area contributed by atoms with Gasteiger partial charge >= 0.3 is 0 Å². The molecule has 1 unspecified atom stereocenters. The maximum absolute atomic E-state index is 14.1. The van der Waals surface area contributed by atoms with Crippen molar-refractivity contribution >= 4 is 29.0 Å². The third kappa shape index (κ3) is 3.90. The third-order valence-electron chi connectivity index (χ3n) is 7.63. The quantitative estimate of drug-likeness (QED) is 0.246. The minimum atomic E-state index is -1.75. The largest absolute Gasteiger partial charge is 0.507 e. The number of carbonyl (C=O) groups is 3. The zero-order chi connectivity index (χ0) is 27.0. The van der Waals surface area contributed by atoms with E-state index in [1.165, 1.54) is 14.7 Å². The average molecular weight is 519 g/mol. The maximum atomic E-state index is 14.1. The Morgan fingerprint density at radius 3 is 2.63 bits per heavy atom. The molecule has 1 spiro atoms. The first-order valence-electron chi connectivity index (χ1n) is 12.8. The van der Waals surface area contributed by atoms with E-state index in [0.29, 0.717) is 48.9 Å². The van der Waals surface area contributed by atoms with Crippen molar-refractivity contribution in [2.24, 2.45) is 0 Å². The smallest absolute Gasteiger partial charge is 0.296 e. The van der Waals surface area contributed by atoms with Gasteiger partial charge in [0.15, 0.2) is 5.54 Å². The number of hydrogen-bond acceptors (Lipinski definition) is 6. The van der Waals surface area contributed by atoms with Crippen molar-refractivity contribution in [2.75, 3.05) is 57.9 Å². The van der Waals surface area contributed by atoms with Gasteiger partial charge < -0.3 is 29.3 Å². The number of ether oxygens (including phenoxy) is 2. The summed E-state index contributed by atoms with van der Waals surface area (Å²) in [7, 11) is 1.62. The Labute approximate surface area is 221 Å². The van der Waals surface area contributed by atoms with Crippen LogP contribution in [0.4, 0.5) is 5.69 Å². The Hall–Kier alpha value is -3.95. The number of quaternary nitrogens is 1. The second-order valence-corrected chi connectivity index (χ2v) is 9.79. The number of benzene rings is 2. The highest BCUT2D eigenvalue weighted by Gasteiger charge is 2.66. The van der Waals surface area contributed by atoms with Crippen molar-refractivity contribution in [2.45, 2.75) is 12.5 Å². The SMILES string of the molecule is C=CCOc1ccc(C(O)=C2C(=O)C(=O)N(CC[NH+]3CCOCC3)C23C(=O)N(C)c2ccccc23)cc1C. The molecular formula is C29H32N3O6+. The number of hydrogen-bond donors (Lipinski definition) is 2. The van der Waals surface area contributed by atoms with Crippen LogP contribution in [0.3, 0.4) is 0 Å². The monoisotopic (exact) mass is 518 g/mol. The number of aliphatic hydroxyl groups excluding tert-OH is 1. The first-order valence-corrected chi connectivity index (χ1v) is 12.8. The normalized spacial score (nSPS) is 22.8. The molecule has 2 N–H and O–H groups in total. The number of Topliss-reactive ketones (excluding diaryl/α,β-unsaturated/α-hetero) is 1. The number of nitrogens with one attached hydrogen (secondary N) is 1. The maximum Gasteiger partial charge on any atom is 0.296 e. The van der Waals surface area contributed by atoms with Crippen LogP contribution in [0.25, 0.3) is 5.76 Å². The number of aliphatic hydroxyl groups is 1. The standard InChI is InChI=1S/C29H31N3O6/c1-4-15-38-23-10-9-20(18-19(23)2)25(33)24-26(34)27(35)32(12-11-31-13-16-37-17-14-31)29(24)21-7-5-6-8-22(21)30(3)28(29)36/h4-10,18,33H,1,11-17H2,2-3H3/p+1. The summed E-state index contributed by atoms with van der Waals surface area (Å²) in [5, 5.41) is 11.6. The zero-order valence-corrected chi connectivity index (χ0v) is 21.7. The molecule has 2 amide bonds. The summed E-state index contributed by atoms with van der Waals surface area (Å²) in [6, 6.07) is 12.1. The molecule has 198 valence electrons. The summed E-state index contributed by atoms with van der Waals surface area (Å²) in [5.41, 5.74) is 0.197. The van der Waals surface area contributed by atoms with E-state index in [1.807, 2.05) is 6.92 Å². The van der Waals surface area contributed by atoms with Crippen LogP contribution in [-0.4, -0.2) is 80.7 Å². The van der Waals surface area contributed by atoms with Gasteiger partial charge in [-0.25, -0.2) is 0 Å². The molecule has 0 saturated carbocycles. The average Bonchev–Trinajstić information content (AvgIpc) is 3.29. The molecule has 9 nitrogen and oxygen atoms in total. The Balaban J connectivity index is 1.66. The summed E-state index contributed by atoms with van der Waals surface area (Å²) in [6.45, 7) is 9.32. The lowest BCUT2D eigenvalue weighted by Crippen LogP contribution is -3.14. The fraction of sp³-hybridized carbons (Fsp3) is 0.345. The van der Waals surface area contributed by atoms with Crippen LogP contribution < -0.4 is 14.5 Å². The van der Waals surface area contributed by atoms with Crippen LogP contribution >= 0.6 is 0 Å². The van der Waals surface area contributed by atoms with Gasteiger partial charge in [-0.05, 0) is 36.8 Å². The third-order valence-corrected chi connectivity index (χ3v) is 7.63. The number of anilines is 1. The molecule has 9 heteroatoms. The van der Waals surface area contributed by atoms with E-state index in [1.54, 1.807) is 55.6 Å². The van der Waals surface area contributed by atoms with Crippen molar-refractivity contribution in [3.05, 3.63) is 77.4 Å². The molecule has 0 radical (unpaired) electrons. The lowest BCUT2D eigenvalue weighted by atomic mass is 9.81. The van der Waals surface area contributed by atoms with Gasteiger partial charge in [0.2, 0.25) is 0 Å². The molecule has 3 heterocycles. The minimum absolute atomic E-state index is 0.179. The molecule has 1 atom stereocenters. The molecule has 0 bridgehead atoms. The number of likely N-dealkylation sites (N-methyl/N-ethyl adjacent to an activating group) is 1. The number of likely N-dealkylation sites (tertiary alicyclic amines) is 1. The van der Waals surface area contributed by atoms with Crippen LogP contribution in [-0.2, 0) is 24.7 Å². The molecule has 2 saturated heterocycles. The van der Waals surface area contributed by atoms with Crippen molar-refractivity contribution < 1.29 is 33.9 Å². The molecule has 0 aliphatic carbocycles. The highest BCUT2D eigenvalue weighted by molar-refractivity contribution is 6.50. The summed E-state index contributed by atoms with van der Waals surface area (Å²) in [5.74, 6) is -1.89. The molecule has 2 aromatic rings. The number of nitrogens with zero attached hydrogens (tertiary/aromatic N) is 2. The van der Waals surface area contributed by atoms with Crippen molar-refractivity contribution in [3.63, 3.8) is 0 Å². The van der Waals surface area contributed by atoms with E-state index in [0.717, 1.165) is 18.7 Å². The number of morpholine rings is 1. The lowest BCUT2D eigenvalue weighted by Gasteiger charge is -2.35. The molecule has 38 heavy (non-hydrogen) atoms. The number of amides is 2. The first-order chi connectivity index (χ1) is 18.3. The van der Waals surface area contributed by atoms with E-state index >= 15 is 0 Å². The fourth-order valence-electron chi connectivity index (χ4n) is 5.70. The molecule has 3 aliphatic heterocycles. The number of ketones is 1.